The fourth-order valence-corrected chi connectivity index (χ4v) is 1.82. The lowest BCUT2D eigenvalue weighted by atomic mass is 10.2. The van der Waals surface area contributed by atoms with E-state index >= 15 is 0 Å². The van der Waals surface area contributed by atoms with Gasteiger partial charge in [0.2, 0.25) is 0 Å². The van der Waals surface area contributed by atoms with E-state index in [1.807, 2.05) is 48.5 Å². The van der Waals surface area contributed by atoms with Crippen molar-refractivity contribution in [2.45, 2.75) is 6.42 Å². The van der Waals surface area contributed by atoms with Crippen LogP contribution in [-0.2, 0) is 11.2 Å². The maximum atomic E-state index is 10.2. The van der Waals surface area contributed by atoms with Crippen molar-refractivity contribution in [3.63, 3.8) is 0 Å². The zero-order valence-electron chi connectivity index (χ0n) is 14.2. The fourth-order valence-electron chi connectivity index (χ4n) is 1.82. The first kappa shape index (κ1) is 20.5. The number of carbonyl (C=O) groups excluding carboxylic acids is 2. The molecule has 0 amide bonds. The van der Waals surface area contributed by atoms with Crippen LogP contribution in [0.5, 0.6) is 0 Å². The molecule has 26 heavy (non-hydrogen) atoms. The molecule has 0 aliphatic rings. The molecular formula is C22H20O4. The minimum Gasteiger partial charge on any atom is -0.478 e. The zero-order valence-corrected chi connectivity index (χ0v) is 14.2. The summed E-state index contributed by atoms with van der Waals surface area (Å²) in [6, 6.07) is 27.1. The van der Waals surface area contributed by atoms with Crippen molar-refractivity contribution in [2.24, 2.45) is 0 Å². The predicted molar refractivity (Wildman–Crippen MR) is 101 cm³/mol. The van der Waals surface area contributed by atoms with Gasteiger partial charge in [-0.1, -0.05) is 78.9 Å². The summed E-state index contributed by atoms with van der Waals surface area (Å²) >= 11 is 0. The molecule has 3 aromatic carbocycles. The van der Waals surface area contributed by atoms with Gasteiger partial charge in [0.15, 0.2) is 0 Å². The fraction of sp³-hybridized carbons (Fsp3) is 0.0455. The van der Waals surface area contributed by atoms with Crippen LogP contribution >= 0.6 is 0 Å². The van der Waals surface area contributed by atoms with Gasteiger partial charge >= 0.3 is 5.97 Å². The van der Waals surface area contributed by atoms with Crippen LogP contribution in [0, 0.1) is 0 Å². The van der Waals surface area contributed by atoms with Crippen molar-refractivity contribution in [3.8, 4) is 0 Å². The molecule has 0 aromatic heterocycles. The lowest BCUT2D eigenvalue weighted by Crippen LogP contribution is -1.93. The Morgan fingerprint density at radius 2 is 1.19 bits per heavy atom. The Kier molecular flexibility index (Phi) is 10.1. The van der Waals surface area contributed by atoms with Crippen LogP contribution in [0.4, 0.5) is 0 Å². The number of aldehydes is 2. The first-order valence-corrected chi connectivity index (χ1v) is 7.93. The van der Waals surface area contributed by atoms with Crippen LogP contribution in [0.3, 0.4) is 0 Å². The molecule has 0 spiro atoms. The molecule has 4 nitrogen and oxygen atoms in total. The third-order valence-corrected chi connectivity index (χ3v) is 3.12. The third-order valence-electron chi connectivity index (χ3n) is 3.12. The maximum absolute atomic E-state index is 10.2. The molecule has 0 aliphatic heterocycles. The Balaban J connectivity index is 0.000000195. The Hall–Kier alpha value is -3.53. The average molecular weight is 348 g/mol. The molecular weight excluding hydrogens is 328 g/mol. The van der Waals surface area contributed by atoms with E-state index in [4.69, 9.17) is 5.11 Å². The minimum absolute atomic E-state index is 0.331. The van der Waals surface area contributed by atoms with E-state index in [0.717, 1.165) is 23.7 Å². The molecule has 0 unspecified atom stereocenters. The van der Waals surface area contributed by atoms with Crippen molar-refractivity contribution in [1.82, 2.24) is 0 Å². The summed E-state index contributed by atoms with van der Waals surface area (Å²) in [5, 5.41) is 8.38. The largest absolute Gasteiger partial charge is 0.478 e. The number of carboxylic acids is 1. The number of benzene rings is 3. The Bertz CT molecular complexity index is 769. The van der Waals surface area contributed by atoms with Crippen molar-refractivity contribution in [3.05, 3.63) is 108 Å². The topological polar surface area (TPSA) is 71.4 Å². The number of carboxylic acid groups (broad SMARTS) is 1. The van der Waals surface area contributed by atoms with Crippen LogP contribution in [0.2, 0.25) is 0 Å². The SMILES string of the molecule is O=C(O)c1ccccc1.O=CCc1ccccc1.O=Cc1ccccc1. The highest BCUT2D eigenvalue weighted by Gasteiger charge is 1.96. The molecule has 3 rings (SSSR count). The van der Waals surface area contributed by atoms with E-state index in [0.29, 0.717) is 12.0 Å². The molecule has 3 aromatic rings. The van der Waals surface area contributed by atoms with E-state index in [1.54, 1.807) is 42.5 Å². The minimum atomic E-state index is -0.879. The number of rotatable bonds is 4. The van der Waals surface area contributed by atoms with E-state index in [1.165, 1.54) is 0 Å². The van der Waals surface area contributed by atoms with E-state index in [2.05, 4.69) is 0 Å². The molecule has 132 valence electrons. The third kappa shape index (κ3) is 8.93. The van der Waals surface area contributed by atoms with Crippen molar-refractivity contribution in [2.75, 3.05) is 0 Å². The Morgan fingerprint density at radius 3 is 1.54 bits per heavy atom. The summed E-state index contributed by atoms with van der Waals surface area (Å²) in [5.41, 5.74) is 2.14. The number of hydrogen-bond acceptors (Lipinski definition) is 3. The van der Waals surface area contributed by atoms with Gasteiger partial charge in [0.1, 0.15) is 12.6 Å². The monoisotopic (exact) mass is 348 g/mol. The highest BCUT2D eigenvalue weighted by molar-refractivity contribution is 5.87. The molecule has 0 atom stereocenters. The molecule has 0 radical (unpaired) electrons. The van der Waals surface area contributed by atoms with Crippen molar-refractivity contribution in [1.29, 1.82) is 0 Å². The second kappa shape index (κ2) is 12.8. The van der Waals surface area contributed by atoms with E-state index in [9.17, 15) is 14.4 Å². The van der Waals surface area contributed by atoms with E-state index in [-0.39, 0.29) is 0 Å². The smallest absolute Gasteiger partial charge is 0.335 e. The first-order valence-electron chi connectivity index (χ1n) is 7.93. The summed E-state index contributed by atoms with van der Waals surface area (Å²) in [5.74, 6) is -0.879. The van der Waals surface area contributed by atoms with Crippen molar-refractivity contribution < 1.29 is 19.5 Å². The van der Waals surface area contributed by atoms with Crippen LogP contribution < -0.4 is 0 Å². The summed E-state index contributed by atoms with van der Waals surface area (Å²) in [7, 11) is 0. The maximum Gasteiger partial charge on any atom is 0.335 e. The molecule has 0 heterocycles. The van der Waals surface area contributed by atoms with Gasteiger partial charge in [0.05, 0.1) is 5.56 Å². The first-order chi connectivity index (χ1) is 12.7. The lowest BCUT2D eigenvalue weighted by Gasteiger charge is -1.89. The summed E-state index contributed by atoms with van der Waals surface area (Å²) in [6.07, 6.45) is 2.27. The molecule has 0 fully saturated rings. The van der Waals surface area contributed by atoms with Gasteiger partial charge in [-0.05, 0) is 17.7 Å². The predicted octanol–water partition coefficient (Wildman–Crippen LogP) is 4.31. The van der Waals surface area contributed by atoms with Crippen LogP contribution in [-0.4, -0.2) is 23.6 Å². The molecule has 1 N–H and O–H groups in total. The van der Waals surface area contributed by atoms with Crippen LogP contribution in [0.15, 0.2) is 91.0 Å². The van der Waals surface area contributed by atoms with Crippen LogP contribution in [0.25, 0.3) is 0 Å². The number of hydrogen-bond donors (Lipinski definition) is 1. The normalized spacial score (nSPS) is 8.77. The highest BCUT2D eigenvalue weighted by Crippen LogP contribution is 1.97. The van der Waals surface area contributed by atoms with Gasteiger partial charge in [0, 0.05) is 12.0 Å². The molecule has 0 saturated carbocycles. The highest BCUT2D eigenvalue weighted by atomic mass is 16.4. The average Bonchev–Trinajstić information content (AvgIpc) is 2.71. The lowest BCUT2D eigenvalue weighted by molar-refractivity contribution is -0.107. The van der Waals surface area contributed by atoms with Crippen molar-refractivity contribution >= 4 is 18.5 Å². The van der Waals surface area contributed by atoms with Crippen LogP contribution in [0.1, 0.15) is 26.3 Å². The Morgan fingerprint density at radius 1 is 0.731 bits per heavy atom. The standard InChI is InChI=1S/C8H8O.C7H6O2.C7H6O/c9-7-6-8-4-2-1-3-5-8;8-7(9)6-4-2-1-3-5-6;8-6-7-4-2-1-3-5-7/h1-5,7H,6H2;1-5H,(H,8,9);1-6H. The molecule has 0 bridgehead atoms. The number of aromatic carboxylic acids is 1. The Labute approximate surface area is 152 Å². The summed E-state index contributed by atoms with van der Waals surface area (Å²) in [4.78, 5) is 30.2. The molecule has 0 saturated heterocycles. The molecule has 0 aliphatic carbocycles. The second-order valence-electron chi connectivity index (χ2n) is 5.06. The summed E-state index contributed by atoms with van der Waals surface area (Å²) < 4.78 is 0. The van der Waals surface area contributed by atoms with Gasteiger partial charge in [0.25, 0.3) is 0 Å². The second-order valence-corrected chi connectivity index (χ2v) is 5.06. The number of carbonyl (C=O) groups is 3. The molecule has 4 heteroatoms. The van der Waals surface area contributed by atoms with Gasteiger partial charge in [-0.2, -0.15) is 0 Å². The quantitative estimate of drug-likeness (QED) is 0.713. The van der Waals surface area contributed by atoms with Gasteiger partial charge in [-0.25, -0.2) is 4.79 Å². The zero-order chi connectivity index (χ0) is 19.0. The van der Waals surface area contributed by atoms with Gasteiger partial charge in [-0.3, -0.25) is 4.79 Å². The van der Waals surface area contributed by atoms with Gasteiger partial charge in [-0.15, -0.1) is 0 Å². The summed E-state index contributed by atoms with van der Waals surface area (Å²) in [6.45, 7) is 0. The van der Waals surface area contributed by atoms with E-state index < -0.39 is 5.97 Å². The van der Waals surface area contributed by atoms with Gasteiger partial charge < -0.3 is 9.90 Å².